The van der Waals surface area contributed by atoms with E-state index in [1.807, 2.05) is 0 Å². The molecule has 0 radical (unpaired) electrons. The lowest BCUT2D eigenvalue weighted by molar-refractivity contribution is -0.574. The lowest BCUT2D eigenvalue weighted by atomic mass is 10.2. The highest BCUT2D eigenvalue weighted by Gasteiger charge is 2.18. The summed E-state index contributed by atoms with van der Waals surface area (Å²) in [6.45, 7) is 3.93. The van der Waals surface area contributed by atoms with Gasteiger partial charge in [0.05, 0.1) is 30.2 Å². The first-order valence-electron chi connectivity index (χ1n) is 8.04. The predicted molar refractivity (Wildman–Crippen MR) is 95.3 cm³/mol. The maximum Gasteiger partial charge on any atom is 0.288 e. The fraction of sp³-hybridized carbons (Fsp3) is 0.471. The van der Waals surface area contributed by atoms with Crippen molar-refractivity contribution in [2.45, 2.75) is 19.3 Å². The van der Waals surface area contributed by atoms with Gasteiger partial charge in [-0.3, -0.25) is 0 Å². The van der Waals surface area contributed by atoms with Crippen LogP contribution in [0.15, 0.2) is 18.2 Å². The summed E-state index contributed by atoms with van der Waals surface area (Å²) in [5, 5.41) is 13.2. The number of rotatable bonds is 6. The average Bonchev–Trinajstić information content (AvgIpc) is 3.09. The Kier molecular flexibility index (Phi) is 5.54. The minimum atomic E-state index is 0.0256. The fourth-order valence-corrected chi connectivity index (χ4v) is 3.52. The van der Waals surface area contributed by atoms with Gasteiger partial charge < -0.3 is 19.6 Å². The summed E-state index contributed by atoms with van der Waals surface area (Å²) in [5.41, 5.74) is 0.364. The molecule has 3 rings (SSSR count). The van der Waals surface area contributed by atoms with Crippen LogP contribution in [0.4, 0.5) is 0 Å². The molecule has 0 saturated carbocycles. The summed E-state index contributed by atoms with van der Waals surface area (Å²) in [4.78, 5) is 2.44. The van der Waals surface area contributed by atoms with Crippen LogP contribution >= 0.6 is 23.2 Å². The van der Waals surface area contributed by atoms with Crippen LogP contribution in [-0.2, 0) is 0 Å². The number of pyridine rings is 1. The van der Waals surface area contributed by atoms with Crippen LogP contribution in [0.25, 0.3) is 10.9 Å². The third-order valence-electron chi connectivity index (χ3n) is 4.27. The van der Waals surface area contributed by atoms with Crippen LogP contribution in [0.1, 0.15) is 19.3 Å². The zero-order chi connectivity index (χ0) is 17.1. The minimum Gasteiger partial charge on any atom is -0.617 e. The lowest BCUT2D eigenvalue weighted by Gasteiger charge is -2.16. The Hall–Kier alpha value is -1.43. The van der Waals surface area contributed by atoms with E-state index in [-0.39, 0.29) is 5.15 Å². The van der Waals surface area contributed by atoms with Gasteiger partial charge in [-0.1, -0.05) is 11.6 Å². The smallest absolute Gasteiger partial charge is 0.288 e. The molecule has 24 heavy (non-hydrogen) atoms. The quantitative estimate of drug-likeness (QED) is 0.337. The standard InChI is InChI=1S/C17H20Cl2N2O3/c1-23-15-9-12-13(18)10-17(19)21(22)14(12)11-16(15)24-8-4-7-20-5-2-3-6-20/h9-11H,2-8H2,1H3. The second-order valence-corrected chi connectivity index (χ2v) is 6.67. The first kappa shape index (κ1) is 17.4. The second kappa shape index (κ2) is 7.64. The molecule has 0 atom stereocenters. The van der Waals surface area contributed by atoms with Gasteiger partial charge in [0.1, 0.15) is 0 Å². The molecule has 1 fully saturated rings. The highest BCUT2D eigenvalue weighted by atomic mass is 35.5. The molecule has 7 heteroatoms. The van der Waals surface area contributed by atoms with E-state index in [0.717, 1.165) is 13.0 Å². The Labute approximate surface area is 151 Å². The number of halogens is 2. The Morgan fingerprint density at radius 1 is 1.17 bits per heavy atom. The maximum atomic E-state index is 12.2. The molecule has 2 heterocycles. The van der Waals surface area contributed by atoms with Gasteiger partial charge >= 0.3 is 0 Å². The van der Waals surface area contributed by atoms with Crippen molar-refractivity contribution >= 4 is 34.1 Å². The third kappa shape index (κ3) is 3.63. The molecule has 1 aromatic carbocycles. The SMILES string of the molecule is COc1cc2c(Cl)cc(Cl)[n+]([O-])c2cc1OCCCN1CCCC1. The molecule has 0 N–H and O–H groups in total. The number of nitrogens with zero attached hydrogens (tertiary/aromatic N) is 2. The van der Waals surface area contributed by atoms with Crippen molar-refractivity contribution in [2.24, 2.45) is 0 Å². The Morgan fingerprint density at radius 2 is 1.92 bits per heavy atom. The zero-order valence-corrected chi connectivity index (χ0v) is 15.1. The molecule has 1 aliphatic rings. The van der Waals surface area contributed by atoms with Gasteiger partial charge in [-0.15, -0.1) is 0 Å². The summed E-state index contributed by atoms with van der Waals surface area (Å²) >= 11 is 12.1. The molecule has 1 aromatic heterocycles. The van der Waals surface area contributed by atoms with Gasteiger partial charge in [-0.25, -0.2) is 0 Å². The lowest BCUT2D eigenvalue weighted by Crippen LogP contribution is -2.28. The van der Waals surface area contributed by atoms with Crippen LogP contribution in [0.2, 0.25) is 10.2 Å². The average molecular weight is 371 g/mol. The number of benzene rings is 1. The molecule has 0 bridgehead atoms. The van der Waals surface area contributed by atoms with E-state index in [1.54, 1.807) is 19.2 Å². The van der Waals surface area contributed by atoms with E-state index in [1.165, 1.54) is 32.0 Å². The molecule has 2 aromatic rings. The van der Waals surface area contributed by atoms with Crippen LogP contribution in [0.5, 0.6) is 11.5 Å². The Morgan fingerprint density at radius 3 is 2.62 bits per heavy atom. The van der Waals surface area contributed by atoms with Crippen molar-refractivity contribution < 1.29 is 14.2 Å². The first-order valence-corrected chi connectivity index (χ1v) is 8.80. The number of hydrogen-bond donors (Lipinski definition) is 0. The maximum absolute atomic E-state index is 12.2. The summed E-state index contributed by atoms with van der Waals surface area (Å²) < 4.78 is 11.8. The van der Waals surface area contributed by atoms with Gasteiger partial charge in [-0.05, 0) is 50.0 Å². The molecule has 0 unspecified atom stereocenters. The molecule has 1 saturated heterocycles. The van der Waals surface area contributed by atoms with Crippen molar-refractivity contribution in [1.82, 2.24) is 4.90 Å². The van der Waals surface area contributed by atoms with Crippen molar-refractivity contribution in [3.05, 3.63) is 33.6 Å². The molecule has 0 aliphatic carbocycles. The van der Waals surface area contributed by atoms with E-state index in [9.17, 15) is 5.21 Å². The van der Waals surface area contributed by atoms with Crippen molar-refractivity contribution in [3.8, 4) is 11.5 Å². The van der Waals surface area contributed by atoms with E-state index in [2.05, 4.69) is 4.90 Å². The minimum absolute atomic E-state index is 0.0256. The molecule has 0 spiro atoms. The van der Waals surface area contributed by atoms with E-state index in [0.29, 0.717) is 38.8 Å². The van der Waals surface area contributed by atoms with E-state index >= 15 is 0 Å². The van der Waals surface area contributed by atoms with Gasteiger partial charge in [0.25, 0.3) is 5.15 Å². The fourth-order valence-electron chi connectivity index (χ4n) is 3.01. The molecule has 0 amide bonds. The second-order valence-electron chi connectivity index (χ2n) is 5.88. The summed E-state index contributed by atoms with van der Waals surface area (Å²) in [5.74, 6) is 1.07. The van der Waals surface area contributed by atoms with E-state index in [4.69, 9.17) is 32.7 Å². The van der Waals surface area contributed by atoms with Crippen LogP contribution in [0.3, 0.4) is 0 Å². The Bertz CT molecular complexity index is 734. The summed E-state index contributed by atoms with van der Waals surface area (Å²) in [6, 6.07) is 4.77. The molecule has 1 aliphatic heterocycles. The largest absolute Gasteiger partial charge is 0.617 e. The summed E-state index contributed by atoms with van der Waals surface area (Å²) in [7, 11) is 1.56. The number of aromatic nitrogens is 1. The third-order valence-corrected chi connectivity index (χ3v) is 4.85. The monoisotopic (exact) mass is 370 g/mol. The highest BCUT2D eigenvalue weighted by molar-refractivity contribution is 6.37. The number of fused-ring (bicyclic) bond motifs is 1. The van der Waals surface area contributed by atoms with Crippen molar-refractivity contribution in [2.75, 3.05) is 33.4 Å². The van der Waals surface area contributed by atoms with Crippen molar-refractivity contribution in [1.29, 1.82) is 0 Å². The zero-order valence-electron chi connectivity index (χ0n) is 13.6. The number of likely N-dealkylation sites (tertiary alicyclic amines) is 1. The van der Waals surface area contributed by atoms with Crippen LogP contribution in [0, 0.1) is 5.21 Å². The molecule has 5 nitrogen and oxygen atoms in total. The van der Waals surface area contributed by atoms with Crippen LogP contribution in [-0.4, -0.2) is 38.3 Å². The predicted octanol–water partition coefficient (Wildman–Crippen LogP) is 3.65. The Balaban J connectivity index is 1.77. The number of hydrogen-bond acceptors (Lipinski definition) is 4. The van der Waals surface area contributed by atoms with Gasteiger partial charge in [0.15, 0.2) is 11.5 Å². The number of ether oxygens (including phenoxy) is 2. The highest BCUT2D eigenvalue weighted by Crippen LogP contribution is 2.35. The molecular weight excluding hydrogens is 351 g/mol. The van der Waals surface area contributed by atoms with Gasteiger partial charge in [-0.2, -0.15) is 4.73 Å². The van der Waals surface area contributed by atoms with Crippen LogP contribution < -0.4 is 14.2 Å². The first-order chi connectivity index (χ1) is 11.6. The summed E-state index contributed by atoms with van der Waals surface area (Å²) in [6.07, 6.45) is 3.49. The van der Waals surface area contributed by atoms with Crippen molar-refractivity contribution in [3.63, 3.8) is 0 Å². The molecular formula is C17H20Cl2N2O3. The van der Waals surface area contributed by atoms with Gasteiger partial charge in [0, 0.05) is 12.6 Å². The number of methoxy groups -OCH3 is 1. The topological polar surface area (TPSA) is 48.6 Å². The van der Waals surface area contributed by atoms with E-state index < -0.39 is 0 Å². The normalized spacial score (nSPS) is 15.1. The molecule has 130 valence electrons. The van der Waals surface area contributed by atoms with Gasteiger partial charge in [0.2, 0.25) is 5.52 Å².